The maximum Gasteiger partial charge on any atom is 0.252 e. The number of carbonyl (C=O) groups excluding carboxylic acids is 1. The molecule has 4 aromatic rings. The molecule has 0 unspecified atom stereocenters. The van der Waals surface area contributed by atoms with Crippen molar-refractivity contribution in [3.63, 3.8) is 0 Å². The Morgan fingerprint density at radius 2 is 1.65 bits per heavy atom. The number of primary amides is 1. The maximum absolute atomic E-state index is 11.7. The van der Waals surface area contributed by atoms with Crippen molar-refractivity contribution in [3.05, 3.63) is 90.3 Å². The Labute approximate surface area is 181 Å². The van der Waals surface area contributed by atoms with Gasteiger partial charge in [0.05, 0.1) is 11.3 Å². The highest BCUT2D eigenvalue weighted by atomic mass is 16.1. The molecule has 6 nitrogen and oxygen atoms in total. The molecule has 0 radical (unpaired) electrons. The lowest BCUT2D eigenvalue weighted by atomic mass is 10.1. The Balaban J connectivity index is 1.27. The van der Waals surface area contributed by atoms with Crippen molar-refractivity contribution in [2.75, 3.05) is 31.1 Å². The Morgan fingerprint density at radius 1 is 0.903 bits per heavy atom. The number of hydrogen-bond donors (Lipinski definition) is 1. The van der Waals surface area contributed by atoms with Crippen LogP contribution in [0.25, 0.3) is 16.9 Å². The SMILES string of the molecule is NC(=O)c1cccn2cc(-c3ccc(N4CCN(Cc5ccccc5)CC4)cc3)nc12. The van der Waals surface area contributed by atoms with Crippen LogP contribution >= 0.6 is 0 Å². The molecule has 5 rings (SSSR count). The average molecular weight is 412 g/mol. The second-order valence-corrected chi connectivity index (χ2v) is 7.94. The van der Waals surface area contributed by atoms with Crippen molar-refractivity contribution in [1.29, 1.82) is 0 Å². The number of pyridine rings is 1. The molecular weight excluding hydrogens is 386 g/mol. The van der Waals surface area contributed by atoms with Crippen LogP contribution in [0, 0.1) is 0 Å². The minimum Gasteiger partial charge on any atom is -0.369 e. The summed E-state index contributed by atoms with van der Waals surface area (Å²) in [5.74, 6) is -0.468. The summed E-state index contributed by atoms with van der Waals surface area (Å²) in [4.78, 5) is 21.2. The van der Waals surface area contributed by atoms with Crippen molar-refractivity contribution in [1.82, 2.24) is 14.3 Å². The summed E-state index contributed by atoms with van der Waals surface area (Å²) >= 11 is 0. The van der Waals surface area contributed by atoms with E-state index >= 15 is 0 Å². The summed E-state index contributed by atoms with van der Waals surface area (Å²) in [6.07, 6.45) is 3.81. The largest absolute Gasteiger partial charge is 0.369 e. The number of imidazole rings is 1. The van der Waals surface area contributed by atoms with E-state index in [9.17, 15) is 4.79 Å². The topological polar surface area (TPSA) is 66.9 Å². The number of nitrogens with two attached hydrogens (primary N) is 1. The summed E-state index contributed by atoms with van der Waals surface area (Å²) in [7, 11) is 0. The van der Waals surface area contributed by atoms with Gasteiger partial charge in [0, 0.05) is 56.4 Å². The molecule has 1 aliphatic rings. The van der Waals surface area contributed by atoms with Gasteiger partial charge in [0.2, 0.25) is 0 Å². The minimum atomic E-state index is -0.468. The maximum atomic E-state index is 11.7. The molecule has 1 aliphatic heterocycles. The summed E-state index contributed by atoms with van der Waals surface area (Å²) < 4.78 is 1.84. The summed E-state index contributed by atoms with van der Waals surface area (Å²) in [5.41, 5.74) is 10.9. The predicted octanol–water partition coefficient (Wildman–Crippen LogP) is 3.42. The van der Waals surface area contributed by atoms with Gasteiger partial charge in [0.25, 0.3) is 5.91 Å². The van der Waals surface area contributed by atoms with Crippen LogP contribution in [0.3, 0.4) is 0 Å². The number of aromatic nitrogens is 2. The molecule has 2 aromatic heterocycles. The first-order chi connectivity index (χ1) is 15.2. The second kappa shape index (κ2) is 8.24. The molecule has 156 valence electrons. The summed E-state index contributed by atoms with van der Waals surface area (Å²) in [5, 5.41) is 0. The highest BCUT2D eigenvalue weighted by Crippen LogP contribution is 2.25. The number of nitrogens with zero attached hydrogens (tertiary/aromatic N) is 4. The Bertz CT molecular complexity index is 1190. The van der Waals surface area contributed by atoms with Crippen LogP contribution in [-0.2, 0) is 6.54 Å². The lowest BCUT2D eigenvalue weighted by Crippen LogP contribution is -2.45. The van der Waals surface area contributed by atoms with Gasteiger partial charge in [-0.2, -0.15) is 0 Å². The van der Waals surface area contributed by atoms with E-state index in [0.29, 0.717) is 11.2 Å². The van der Waals surface area contributed by atoms with Crippen molar-refractivity contribution < 1.29 is 4.79 Å². The van der Waals surface area contributed by atoms with Crippen molar-refractivity contribution >= 4 is 17.2 Å². The zero-order valence-electron chi connectivity index (χ0n) is 17.3. The number of rotatable bonds is 5. The first-order valence-corrected chi connectivity index (χ1v) is 10.6. The van der Waals surface area contributed by atoms with E-state index < -0.39 is 5.91 Å². The second-order valence-electron chi connectivity index (χ2n) is 7.94. The van der Waals surface area contributed by atoms with Crippen molar-refractivity contribution in [2.45, 2.75) is 6.54 Å². The van der Waals surface area contributed by atoms with Crippen LogP contribution in [0.1, 0.15) is 15.9 Å². The van der Waals surface area contributed by atoms with E-state index in [2.05, 4.69) is 69.4 Å². The molecule has 6 heteroatoms. The third-order valence-corrected chi connectivity index (χ3v) is 5.90. The molecule has 1 fully saturated rings. The molecule has 3 heterocycles. The van der Waals surface area contributed by atoms with E-state index in [-0.39, 0.29) is 0 Å². The van der Waals surface area contributed by atoms with Gasteiger partial charge in [-0.1, -0.05) is 42.5 Å². The van der Waals surface area contributed by atoms with Crippen LogP contribution in [-0.4, -0.2) is 46.4 Å². The molecule has 2 N–H and O–H groups in total. The number of carbonyl (C=O) groups is 1. The highest BCUT2D eigenvalue weighted by molar-refractivity contribution is 5.98. The van der Waals surface area contributed by atoms with Gasteiger partial charge in [-0.15, -0.1) is 0 Å². The number of fused-ring (bicyclic) bond motifs is 1. The smallest absolute Gasteiger partial charge is 0.252 e. The van der Waals surface area contributed by atoms with Gasteiger partial charge in [0.1, 0.15) is 5.65 Å². The third kappa shape index (κ3) is 4.02. The molecule has 0 aliphatic carbocycles. The van der Waals surface area contributed by atoms with Crippen LogP contribution in [0.5, 0.6) is 0 Å². The summed E-state index contributed by atoms with van der Waals surface area (Å²) in [6.45, 7) is 5.15. The van der Waals surface area contributed by atoms with Crippen LogP contribution < -0.4 is 10.6 Å². The van der Waals surface area contributed by atoms with Crippen molar-refractivity contribution in [3.8, 4) is 11.3 Å². The van der Waals surface area contributed by atoms with Gasteiger partial charge in [0.15, 0.2) is 0 Å². The predicted molar refractivity (Wildman–Crippen MR) is 123 cm³/mol. The standard InChI is InChI=1S/C25H25N5O/c26-24(31)22-7-4-12-30-18-23(27-25(22)30)20-8-10-21(11-9-20)29-15-13-28(14-16-29)17-19-5-2-1-3-6-19/h1-12,18H,13-17H2,(H2,26,31). The van der Waals surface area contributed by atoms with Crippen LogP contribution in [0.15, 0.2) is 79.1 Å². The molecule has 1 saturated heterocycles. The monoisotopic (exact) mass is 411 g/mol. The van der Waals surface area contributed by atoms with Crippen LogP contribution in [0.4, 0.5) is 5.69 Å². The number of benzene rings is 2. The van der Waals surface area contributed by atoms with E-state index in [1.54, 1.807) is 12.1 Å². The molecule has 2 aromatic carbocycles. The quantitative estimate of drug-likeness (QED) is 0.546. The normalized spacial score (nSPS) is 14.8. The van der Waals surface area contributed by atoms with Gasteiger partial charge in [-0.25, -0.2) is 4.98 Å². The lowest BCUT2D eigenvalue weighted by molar-refractivity contribution is 0.100. The molecule has 0 saturated carbocycles. The molecule has 0 spiro atoms. The first-order valence-electron chi connectivity index (χ1n) is 10.6. The minimum absolute atomic E-state index is 0.429. The molecule has 0 bridgehead atoms. The third-order valence-electron chi connectivity index (χ3n) is 5.90. The molecule has 0 atom stereocenters. The lowest BCUT2D eigenvalue weighted by Gasteiger charge is -2.36. The number of hydrogen-bond acceptors (Lipinski definition) is 4. The Kier molecular flexibility index (Phi) is 5.14. The van der Waals surface area contributed by atoms with E-state index in [0.717, 1.165) is 44.0 Å². The number of amides is 1. The van der Waals surface area contributed by atoms with Gasteiger partial charge >= 0.3 is 0 Å². The van der Waals surface area contributed by atoms with Gasteiger partial charge < -0.3 is 15.0 Å². The average Bonchev–Trinajstić information content (AvgIpc) is 3.25. The first kappa shape index (κ1) is 19.3. The fraction of sp³-hybridized carbons (Fsp3) is 0.200. The van der Waals surface area contributed by atoms with Gasteiger partial charge in [-0.3, -0.25) is 9.69 Å². The van der Waals surface area contributed by atoms with Crippen molar-refractivity contribution in [2.24, 2.45) is 5.73 Å². The highest BCUT2D eigenvalue weighted by Gasteiger charge is 2.18. The Hall–Kier alpha value is -3.64. The number of piperazine rings is 1. The fourth-order valence-electron chi connectivity index (χ4n) is 4.19. The number of anilines is 1. The zero-order chi connectivity index (χ0) is 21.2. The Morgan fingerprint density at radius 3 is 2.35 bits per heavy atom. The van der Waals surface area contributed by atoms with Crippen LogP contribution in [0.2, 0.25) is 0 Å². The zero-order valence-corrected chi connectivity index (χ0v) is 17.3. The molecular formula is C25H25N5O. The van der Waals surface area contributed by atoms with E-state index in [1.807, 2.05) is 16.8 Å². The molecule has 1 amide bonds. The van der Waals surface area contributed by atoms with E-state index in [1.165, 1.54) is 11.3 Å². The summed E-state index contributed by atoms with van der Waals surface area (Å²) in [6, 6.07) is 22.7. The van der Waals surface area contributed by atoms with E-state index in [4.69, 9.17) is 5.73 Å². The van der Waals surface area contributed by atoms with Gasteiger partial charge in [-0.05, 0) is 29.8 Å². The molecule has 31 heavy (non-hydrogen) atoms. The fourth-order valence-corrected chi connectivity index (χ4v) is 4.19.